The summed E-state index contributed by atoms with van der Waals surface area (Å²) in [5.74, 6) is 1.27. The number of rotatable bonds is 2. The third-order valence-electron chi connectivity index (χ3n) is 3.21. The summed E-state index contributed by atoms with van der Waals surface area (Å²) in [4.78, 5) is 15.0. The smallest absolute Gasteiger partial charge is 0.234 e. The molecule has 1 N–H and O–H groups in total. The molecule has 0 spiro atoms. The van der Waals surface area contributed by atoms with E-state index in [1.54, 1.807) is 6.33 Å². The molecule has 1 aromatic heterocycles. The molecule has 0 saturated carbocycles. The van der Waals surface area contributed by atoms with E-state index >= 15 is 0 Å². The predicted octanol–water partition coefficient (Wildman–Crippen LogP) is 2.87. The van der Waals surface area contributed by atoms with Gasteiger partial charge >= 0.3 is 0 Å². The molecule has 0 fully saturated rings. The lowest BCUT2D eigenvalue weighted by atomic mass is 10.2. The van der Waals surface area contributed by atoms with Crippen LogP contribution in [0.3, 0.4) is 0 Å². The van der Waals surface area contributed by atoms with Crippen molar-refractivity contribution in [3.63, 3.8) is 0 Å². The number of hydrogen-bond acceptors (Lipinski definition) is 5. The van der Waals surface area contributed by atoms with E-state index in [-0.39, 0.29) is 0 Å². The standard InChI is InChI=1S/C13H15N5/c1-3-9(2)18-11-6-4-10(5-7-11)16-12-14-8-15-13(18)17-12/h4-9H,3H2,1-2H3,(H,14,15,16,17). The summed E-state index contributed by atoms with van der Waals surface area (Å²) in [5, 5.41) is 3.17. The van der Waals surface area contributed by atoms with E-state index in [2.05, 4.69) is 51.1 Å². The monoisotopic (exact) mass is 241 g/mol. The number of benzene rings is 1. The fourth-order valence-electron chi connectivity index (χ4n) is 2.05. The van der Waals surface area contributed by atoms with Crippen LogP contribution in [0.25, 0.3) is 0 Å². The van der Waals surface area contributed by atoms with Gasteiger partial charge in [-0.3, -0.25) is 0 Å². The van der Waals surface area contributed by atoms with Crippen molar-refractivity contribution in [1.82, 2.24) is 15.0 Å². The minimum Gasteiger partial charge on any atom is -0.324 e. The Hall–Kier alpha value is -2.17. The molecular weight excluding hydrogens is 226 g/mol. The maximum absolute atomic E-state index is 4.45. The van der Waals surface area contributed by atoms with E-state index in [4.69, 9.17) is 0 Å². The molecule has 2 aliphatic rings. The summed E-state index contributed by atoms with van der Waals surface area (Å²) < 4.78 is 0. The van der Waals surface area contributed by atoms with Crippen LogP contribution in [0.15, 0.2) is 30.6 Å². The van der Waals surface area contributed by atoms with Crippen molar-refractivity contribution in [2.24, 2.45) is 0 Å². The molecule has 5 nitrogen and oxygen atoms in total. The van der Waals surface area contributed by atoms with Gasteiger partial charge in [-0.2, -0.15) is 4.98 Å². The molecule has 4 bridgehead atoms. The highest BCUT2D eigenvalue weighted by Gasteiger charge is 2.20. The van der Waals surface area contributed by atoms with Crippen molar-refractivity contribution < 1.29 is 0 Å². The second-order valence-corrected chi connectivity index (χ2v) is 4.41. The maximum atomic E-state index is 4.45. The molecule has 5 heteroatoms. The SMILES string of the molecule is CCC(C)N1c2ccc(cc2)Nc2ncnc1n2. The van der Waals surface area contributed by atoms with Crippen molar-refractivity contribution in [3.05, 3.63) is 30.6 Å². The quantitative estimate of drug-likeness (QED) is 0.876. The van der Waals surface area contributed by atoms with Crippen LogP contribution in [0.1, 0.15) is 20.3 Å². The molecule has 18 heavy (non-hydrogen) atoms. The van der Waals surface area contributed by atoms with Gasteiger partial charge in [0.2, 0.25) is 11.9 Å². The zero-order valence-corrected chi connectivity index (χ0v) is 10.5. The zero-order chi connectivity index (χ0) is 12.5. The summed E-state index contributed by atoms with van der Waals surface area (Å²) in [7, 11) is 0. The highest BCUT2D eigenvalue weighted by molar-refractivity contribution is 5.66. The van der Waals surface area contributed by atoms with E-state index in [1.165, 1.54) is 0 Å². The molecule has 3 heterocycles. The first-order valence-corrected chi connectivity index (χ1v) is 6.13. The molecular formula is C13H15N5. The topological polar surface area (TPSA) is 53.9 Å². The van der Waals surface area contributed by atoms with Crippen LogP contribution in [0.2, 0.25) is 0 Å². The normalized spacial score (nSPS) is 14.4. The van der Waals surface area contributed by atoms with Gasteiger partial charge < -0.3 is 10.2 Å². The van der Waals surface area contributed by atoms with Crippen LogP contribution in [0, 0.1) is 0 Å². The van der Waals surface area contributed by atoms with Crippen LogP contribution in [0.4, 0.5) is 23.3 Å². The number of nitrogens with zero attached hydrogens (tertiary/aromatic N) is 4. The lowest BCUT2D eigenvalue weighted by Crippen LogP contribution is -2.29. The second kappa shape index (κ2) is 4.25. The minimum atomic E-state index is 0.337. The van der Waals surface area contributed by atoms with Crippen LogP contribution >= 0.6 is 0 Å². The van der Waals surface area contributed by atoms with Gasteiger partial charge in [-0.05, 0) is 37.6 Å². The van der Waals surface area contributed by atoms with E-state index < -0.39 is 0 Å². The molecule has 0 amide bonds. The highest BCUT2D eigenvalue weighted by atomic mass is 15.3. The molecule has 0 aliphatic carbocycles. The Kier molecular flexibility index (Phi) is 2.59. The summed E-state index contributed by atoms with van der Waals surface area (Å²) in [6.07, 6.45) is 2.57. The number of hydrogen-bond donors (Lipinski definition) is 1. The van der Waals surface area contributed by atoms with E-state index in [0.717, 1.165) is 17.8 Å². The van der Waals surface area contributed by atoms with Crippen LogP contribution in [0.5, 0.6) is 0 Å². The maximum Gasteiger partial charge on any atom is 0.234 e. The van der Waals surface area contributed by atoms with E-state index in [1.807, 2.05) is 12.1 Å². The lowest BCUT2D eigenvalue weighted by Gasteiger charge is -2.28. The Bertz CT molecular complexity index is 552. The molecule has 0 saturated heterocycles. The van der Waals surface area contributed by atoms with Crippen LogP contribution in [-0.2, 0) is 0 Å². The Morgan fingerprint density at radius 1 is 1.22 bits per heavy atom. The van der Waals surface area contributed by atoms with Gasteiger partial charge in [0.25, 0.3) is 0 Å². The second-order valence-electron chi connectivity index (χ2n) is 4.41. The van der Waals surface area contributed by atoms with Gasteiger partial charge in [0.15, 0.2) is 0 Å². The van der Waals surface area contributed by atoms with E-state index in [9.17, 15) is 0 Å². The summed E-state index contributed by atoms with van der Waals surface area (Å²) in [6.45, 7) is 4.33. The molecule has 4 rings (SSSR count). The van der Waals surface area contributed by atoms with Gasteiger partial charge in [-0.1, -0.05) is 6.92 Å². The van der Waals surface area contributed by atoms with Gasteiger partial charge in [-0.25, -0.2) is 9.97 Å². The molecule has 1 atom stereocenters. The fourth-order valence-corrected chi connectivity index (χ4v) is 2.05. The number of fused-ring (bicyclic) bond motifs is 2. The molecule has 1 aromatic carbocycles. The largest absolute Gasteiger partial charge is 0.324 e. The molecule has 92 valence electrons. The molecule has 2 aliphatic heterocycles. The number of nitrogens with one attached hydrogen (secondary N) is 1. The lowest BCUT2D eigenvalue weighted by molar-refractivity contribution is 0.672. The van der Waals surface area contributed by atoms with Crippen molar-refractivity contribution in [3.8, 4) is 0 Å². The van der Waals surface area contributed by atoms with Crippen molar-refractivity contribution >= 4 is 23.3 Å². The number of aromatic nitrogens is 3. The Labute approximate surface area is 106 Å². The molecule has 2 aromatic rings. The van der Waals surface area contributed by atoms with Gasteiger partial charge in [0, 0.05) is 17.4 Å². The van der Waals surface area contributed by atoms with Crippen molar-refractivity contribution in [1.29, 1.82) is 0 Å². The Morgan fingerprint density at radius 3 is 2.72 bits per heavy atom. The first-order valence-electron chi connectivity index (χ1n) is 6.13. The molecule has 1 unspecified atom stereocenters. The first kappa shape index (κ1) is 11.0. The predicted molar refractivity (Wildman–Crippen MR) is 71.4 cm³/mol. The van der Waals surface area contributed by atoms with Crippen LogP contribution < -0.4 is 10.2 Å². The highest BCUT2D eigenvalue weighted by Crippen LogP contribution is 2.30. The average Bonchev–Trinajstić information content (AvgIpc) is 2.48. The third-order valence-corrected chi connectivity index (χ3v) is 3.21. The average molecular weight is 241 g/mol. The molecule has 0 radical (unpaired) electrons. The van der Waals surface area contributed by atoms with Crippen LogP contribution in [-0.4, -0.2) is 21.0 Å². The third kappa shape index (κ3) is 1.77. The Balaban J connectivity index is 2.19. The van der Waals surface area contributed by atoms with Crippen molar-refractivity contribution in [2.45, 2.75) is 26.3 Å². The number of anilines is 4. The minimum absolute atomic E-state index is 0.337. The van der Waals surface area contributed by atoms with E-state index in [0.29, 0.717) is 17.9 Å². The van der Waals surface area contributed by atoms with Gasteiger partial charge in [-0.15, -0.1) is 0 Å². The zero-order valence-electron chi connectivity index (χ0n) is 10.5. The summed E-state index contributed by atoms with van der Waals surface area (Å²) in [5.41, 5.74) is 2.09. The van der Waals surface area contributed by atoms with Gasteiger partial charge in [0.1, 0.15) is 6.33 Å². The fraction of sp³-hybridized carbons (Fsp3) is 0.308. The Morgan fingerprint density at radius 2 is 2.00 bits per heavy atom. The summed E-state index contributed by atoms with van der Waals surface area (Å²) >= 11 is 0. The first-order chi connectivity index (χ1) is 8.78. The summed E-state index contributed by atoms with van der Waals surface area (Å²) in [6, 6.07) is 8.56. The van der Waals surface area contributed by atoms with Gasteiger partial charge in [0.05, 0.1) is 0 Å². The van der Waals surface area contributed by atoms with Crippen molar-refractivity contribution in [2.75, 3.05) is 10.2 Å².